The van der Waals surface area contributed by atoms with Gasteiger partial charge in [0.2, 0.25) is 0 Å². The average Bonchev–Trinajstić information content (AvgIpc) is 2.84. The third kappa shape index (κ3) is 2.54. The van der Waals surface area contributed by atoms with E-state index in [1.165, 1.54) is 12.1 Å². The van der Waals surface area contributed by atoms with Gasteiger partial charge in [-0.15, -0.1) is 10.2 Å². The second-order valence-electron chi connectivity index (χ2n) is 4.34. The topological polar surface area (TPSA) is 66.0 Å². The molecule has 7 heteroatoms. The molecule has 0 saturated heterocycles. The molecule has 2 aromatic rings. The van der Waals surface area contributed by atoms with Crippen LogP contribution in [0, 0.1) is 18.6 Å². The largest absolute Gasteiger partial charge is 0.383 e. The van der Waals surface area contributed by atoms with Gasteiger partial charge in [0.25, 0.3) is 0 Å². The minimum atomic E-state index is -0.678. The Balaban J connectivity index is 2.58. The van der Waals surface area contributed by atoms with Crippen LogP contribution in [0.2, 0.25) is 0 Å². The lowest BCUT2D eigenvalue weighted by Crippen LogP contribution is -2.13. The first kappa shape index (κ1) is 14.5. The van der Waals surface area contributed by atoms with Gasteiger partial charge in [-0.05, 0) is 18.6 Å². The third-order valence-corrected chi connectivity index (χ3v) is 3.04. The summed E-state index contributed by atoms with van der Waals surface area (Å²) in [6.07, 6.45) is 0. The number of aryl methyl sites for hydroxylation is 1. The molecule has 2 rings (SSSR count). The highest BCUT2D eigenvalue weighted by Crippen LogP contribution is 2.27. The lowest BCUT2D eigenvalue weighted by atomic mass is 10.1. The molecule has 0 spiro atoms. The van der Waals surface area contributed by atoms with Gasteiger partial charge in [-0.25, -0.2) is 8.78 Å². The van der Waals surface area contributed by atoms with Gasteiger partial charge in [0.05, 0.1) is 18.7 Å². The predicted molar refractivity (Wildman–Crippen MR) is 69.9 cm³/mol. The van der Waals surface area contributed by atoms with Gasteiger partial charge < -0.3 is 15.0 Å². The van der Waals surface area contributed by atoms with Crippen LogP contribution in [0.4, 0.5) is 8.78 Å². The van der Waals surface area contributed by atoms with Gasteiger partial charge in [0, 0.05) is 13.7 Å². The highest BCUT2D eigenvalue weighted by atomic mass is 19.1. The zero-order valence-electron chi connectivity index (χ0n) is 11.4. The van der Waals surface area contributed by atoms with Crippen molar-refractivity contribution < 1.29 is 13.5 Å². The Hall–Kier alpha value is -1.86. The van der Waals surface area contributed by atoms with Crippen molar-refractivity contribution in [1.82, 2.24) is 14.8 Å². The summed E-state index contributed by atoms with van der Waals surface area (Å²) >= 11 is 0. The Morgan fingerprint density at radius 1 is 1.30 bits per heavy atom. The molecular formula is C13H16F2N4O. The van der Waals surface area contributed by atoms with E-state index in [-0.39, 0.29) is 17.9 Å². The van der Waals surface area contributed by atoms with E-state index in [4.69, 9.17) is 10.5 Å². The van der Waals surface area contributed by atoms with Crippen molar-refractivity contribution in [2.45, 2.75) is 20.0 Å². The number of hydrogen-bond donors (Lipinski definition) is 1. The maximum Gasteiger partial charge on any atom is 0.170 e. The summed E-state index contributed by atoms with van der Waals surface area (Å²) < 4.78 is 34.7. The molecule has 5 nitrogen and oxygen atoms in total. The van der Waals surface area contributed by atoms with Crippen LogP contribution in [0.5, 0.6) is 0 Å². The Morgan fingerprint density at radius 2 is 2.05 bits per heavy atom. The van der Waals surface area contributed by atoms with Crippen molar-refractivity contribution in [2.24, 2.45) is 5.73 Å². The van der Waals surface area contributed by atoms with E-state index in [1.54, 1.807) is 18.6 Å². The van der Waals surface area contributed by atoms with Crippen molar-refractivity contribution in [3.63, 3.8) is 0 Å². The van der Waals surface area contributed by atoms with Crippen LogP contribution in [-0.4, -0.2) is 28.5 Å². The standard InChI is InChI=1S/C13H16F2N4O/c1-8-3-4-9(14)11(12(8)15)13-18-17-10(7-16)19(13)5-6-20-2/h3-4H,5-7,16H2,1-2H3. The maximum absolute atomic E-state index is 14.2. The molecule has 108 valence electrons. The van der Waals surface area contributed by atoms with Gasteiger partial charge >= 0.3 is 0 Å². The second-order valence-corrected chi connectivity index (χ2v) is 4.34. The van der Waals surface area contributed by atoms with Crippen LogP contribution in [0.1, 0.15) is 11.4 Å². The van der Waals surface area contributed by atoms with E-state index in [0.29, 0.717) is 24.5 Å². The van der Waals surface area contributed by atoms with Crippen LogP contribution in [0.3, 0.4) is 0 Å². The van der Waals surface area contributed by atoms with Crippen molar-refractivity contribution in [3.8, 4) is 11.4 Å². The maximum atomic E-state index is 14.2. The lowest BCUT2D eigenvalue weighted by molar-refractivity contribution is 0.186. The summed E-state index contributed by atoms with van der Waals surface area (Å²) in [5.41, 5.74) is 5.73. The number of rotatable bonds is 5. The first-order chi connectivity index (χ1) is 9.60. The highest BCUT2D eigenvalue weighted by Gasteiger charge is 2.21. The summed E-state index contributed by atoms with van der Waals surface area (Å²) in [6, 6.07) is 2.60. The molecular weight excluding hydrogens is 266 g/mol. The Bertz CT molecular complexity index is 613. The van der Waals surface area contributed by atoms with Crippen LogP contribution >= 0.6 is 0 Å². The van der Waals surface area contributed by atoms with Gasteiger partial charge in [0.1, 0.15) is 17.5 Å². The molecule has 2 N–H and O–H groups in total. The Labute approximate surface area is 115 Å². The van der Waals surface area contributed by atoms with Crippen molar-refractivity contribution in [2.75, 3.05) is 13.7 Å². The molecule has 1 heterocycles. The molecule has 1 aromatic heterocycles. The van der Waals surface area contributed by atoms with E-state index in [0.717, 1.165) is 0 Å². The smallest absolute Gasteiger partial charge is 0.170 e. The Kier molecular flexibility index (Phi) is 4.41. The number of methoxy groups -OCH3 is 1. The number of benzene rings is 1. The number of nitrogens with two attached hydrogens (primary N) is 1. The normalized spacial score (nSPS) is 11.1. The van der Waals surface area contributed by atoms with E-state index < -0.39 is 11.6 Å². The van der Waals surface area contributed by atoms with E-state index in [9.17, 15) is 8.78 Å². The monoisotopic (exact) mass is 282 g/mol. The van der Waals surface area contributed by atoms with Crippen LogP contribution in [0.25, 0.3) is 11.4 Å². The number of ether oxygens (including phenoxy) is 1. The number of hydrogen-bond acceptors (Lipinski definition) is 4. The first-order valence-corrected chi connectivity index (χ1v) is 6.16. The molecule has 0 aliphatic heterocycles. The summed E-state index contributed by atoms with van der Waals surface area (Å²) in [5, 5.41) is 7.75. The van der Waals surface area contributed by atoms with Crippen molar-refractivity contribution in [3.05, 3.63) is 35.2 Å². The predicted octanol–water partition coefficient (Wildman–Crippen LogP) is 1.64. The number of halogens is 2. The summed E-state index contributed by atoms with van der Waals surface area (Å²) in [4.78, 5) is 0. The molecule has 0 atom stereocenters. The minimum absolute atomic E-state index is 0.126. The van der Waals surface area contributed by atoms with E-state index >= 15 is 0 Å². The second kappa shape index (κ2) is 6.06. The fourth-order valence-corrected chi connectivity index (χ4v) is 1.95. The van der Waals surface area contributed by atoms with Crippen LogP contribution in [-0.2, 0) is 17.8 Å². The third-order valence-electron chi connectivity index (χ3n) is 3.04. The van der Waals surface area contributed by atoms with E-state index in [2.05, 4.69) is 10.2 Å². The molecule has 1 aromatic carbocycles. The highest BCUT2D eigenvalue weighted by molar-refractivity contribution is 5.58. The summed E-state index contributed by atoms with van der Waals surface area (Å²) in [5.74, 6) is -0.735. The van der Waals surface area contributed by atoms with Crippen molar-refractivity contribution >= 4 is 0 Å². The zero-order chi connectivity index (χ0) is 14.7. The van der Waals surface area contributed by atoms with E-state index in [1.807, 2.05) is 0 Å². The van der Waals surface area contributed by atoms with Gasteiger partial charge in [-0.1, -0.05) is 6.07 Å². The molecule has 0 radical (unpaired) electrons. The Morgan fingerprint density at radius 3 is 2.70 bits per heavy atom. The molecule has 0 aliphatic carbocycles. The van der Waals surface area contributed by atoms with Crippen LogP contribution < -0.4 is 5.73 Å². The molecule has 0 amide bonds. The summed E-state index contributed by atoms with van der Waals surface area (Å²) in [6.45, 7) is 2.44. The SMILES string of the molecule is COCCn1c(CN)nnc1-c1c(F)ccc(C)c1F. The first-order valence-electron chi connectivity index (χ1n) is 6.16. The quantitative estimate of drug-likeness (QED) is 0.905. The number of aromatic nitrogens is 3. The molecule has 0 aliphatic rings. The fraction of sp³-hybridized carbons (Fsp3) is 0.385. The number of nitrogens with zero attached hydrogens (tertiary/aromatic N) is 3. The van der Waals surface area contributed by atoms with Crippen molar-refractivity contribution in [1.29, 1.82) is 0 Å². The molecule has 0 fully saturated rings. The van der Waals surface area contributed by atoms with Gasteiger partial charge in [-0.3, -0.25) is 0 Å². The molecule has 20 heavy (non-hydrogen) atoms. The van der Waals surface area contributed by atoms with Gasteiger partial charge in [0.15, 0.2) is 5.82 Å². The fourth-order valence-electron chi connectivity index (χ4n) is 1.95. The molecule has 0 bridgehead atoms. The average molecular weight is 282 g/mol. The van der Waals surface area contributed by atoms with Gasteiger partial charge in [-0.2, -0.15) is 0 Å². The lowest BCUT2D eigenvalue weighted by Gasteiger charge is -2.11. The molecule has 0 saturated carbocycles. The van der Waals surface area contributed by atoms with Crippen LogP contribution in [0.15, 0.2) is 12.1 Å². The minimum Gasteiger partial charge on any atom is -0.383 e. The zero-order valence-corrected chi connectivity index (χ0v) is 11.4. The summed E-state index contributed by atoms with van der Waals surface area (Å²) in [7, 11) is 1.54. The molecule has 0 unspecified atom stereocenters.